The Bertz CT molecular complexity index is 401. The summed E-state index contributed by atoms with van der Waals surface area (Å²) in [5, 5.41) is 14.3. The van der Waals surface area contributed by atoms with Crippen LogP contribution in [0.5, 0.6) is 0 Å². The van der Waals surface area contributed by atoms with Gasteiger partial charge in [-0.3, -0.25) is 0 Å². The molecule has 1 aliphatic heterocycles. The largest absolute Gasteiger partial charge is 0.392 e. The Morgan fingerprint density at radius 2 is 1.74 bits per heavy atom. The first-order valence-electron chi connectivity index (χ1n) is 7.61. The first kappa shape index (κ1) is 12.9. The van der Waals surface area contributed by atoms with E-state index in [2.05, 4.69) is 15.0 Å². The van der Waals surface area contributed by atoms with Gasteiger partial charge >= 0.3 is 0 Å². The summed E-state index contributed by atoms with van der Waals surface area (Å²) in [6.07, 6.45) is 8.63. The van der Waals surface area contributed by atoms with Crippen molar-refractivity contribution in [1.82, 2.24) is 10.1 Å². The third-order valence-electron chi connectivity index (χ3n) is 4.37. The average Bonchev–Trinajstić information content (AvgIpc) is 2.83. The van der Waals surface area contributed by atoms with Gasteiger partial charge in [-0.1, -0.05) is 19.3 Å². The number of piperidine rings is 1. The molecule has 3 rings (SSSR count). The number of aliphatic hydroxyl groups is 1. The smallest absolute Gasteiger partial charge is 0.266 e. The van der Waals surface area contributed by atoms with Crippen LogP contribution in [0.4, 0.5) is 5.95 Å². The number of aromatic nitrogens is 2. The molecular formula is C14H23N3O2. The summed E-state index contributed by atoms with van der Waals surface area (Å²) in [4.78, 5) is 6.73. The molecule has 5 heteroatoms. The minimum atomic E-state index is -0.322. The Morgan fingerprint density at radius 1 is 1.00 bits per heavy atom. The van der Waals surface area contributed by atoms with E-state index in [1.807, 2.05) is 0 Å². The maximum atomic E-state index is 10.2. The number of rotatable bonds is 2. The molecule has 1 saturated heterocycles. The van der Waals surface area contributed by atoms with Crippen molar-refractivity contribution in [1.29, 1.82) is 0 Å². The molecule has 2 aliphatic rings. The molecule has 106 valence electrons. The molecule has 5 nitrogen and oxygen atoms in total. The molecule has 1 aliphatic carbocycles. The fourth-order valence-corrected chi connectivity index (χ4v) is 3.18. The van der Waals surface area contributed by atoms with E-state index in [0.29, 0.717) is 11.8 Å². The van der Waals surface area contributed by atoms with E-state index in [1.54, 1.807) is 0 Å². The predicted molar refractivity (Wildman–Crippen MR) is 72.2 cm³/mol. The van der Waals surface area contributed by atoms with Gasteiger partial charge in [0.1, 0.15) is 0 Å². The summed E-state index contributed by atoms with van der Waals surface area (Å²) < 4.78 is 5.42. The van der Waals surface area contributed by atoms with E-state index < -0.39 is 0 Å². The fraction of sp³-hybridized carbons (Fsp3) is 0.857. The van der Waals surface area contributed by atoms with Crippen LogP contribution in [0.15, 0.2) is 4.52 Å². The zero-order valence-corrected chi connectivity index (χ0v) is 11.4. The van der Waals surface area contributed by atoms with Crippen molar-refractivity contribution in [2.24, 2.45) is 0 Å². The number of anilines is 1. The van der Waals surface area contributed by atoms with E-state index in [1.165, 1.54) is 25.7 Å². The molecule has 1 aromatic rings. The highest BCUT2D eigenvalue weighted by Crippen LogP contribution is 2.32. The second-order valence-corrected chi connectivity index (χ2v) is 5.79. The van der Waals surface area contributed by atoms with Crippen LogP contribution in [0.2, 0.25) is 0 Å². The lowest BCUT2D eigenvalue weighted by Crippen LogP contribution is -2.30. The maximum absolute atomic E-state index is 10.2. The number of hydrogen-bond acceptors (Lipinski definition) is 5. The van der Waals surface area contributed by atoms with Gasteiger partial charge in [0, 0.05) is 13.1 Å². The van der Waals surface area contributed by atoms with Crippen LogP contribution >= 0.6 is 0 Å². The molecule has 2 fully saturated rings. The standard InChI is InChI=1S/C14H23N3O2/c18-12-8-4-1-3-7-11(12)13-15-14(16-19-13)17-9-5-2-6-10-17/h11-12,18H,1-10H2. The maximum Gasteiger partial charge on any atom is 0.266 e. The number of aliphatic hydroxyl groups excluding tert-OH is 1. The van der Waals surface area contributed by atoms with Gasteiger partial charge in [0.25, 0.3) is 5.95 Å². The van der Waals surface area contributed by atoms with Crippen LogP contribution in [0.1, 0.15) is 63.2 Å². The minimum absolute atomic E-state index is 0.0357. The minimum Gasteiger partial charge on any atom is -0.392 e. The number of nitrogens with zero attached hydrogens (tertiary/aromatic N) is 3. The topological polar surface area (TPSA) is 62.4 Å². The van der Waals surface area contributed by atoms with Gasteiger partial charge in [-0.05, 0) is 37.3 Å². The van der Waals surface area contributed by atoms with Gasteiger partial charge in [0.2, 0.25) is 5.89 Å². The van der Waals surface area contributed by atoms with Crippen molar-refractivity contribution in [2.75, 3.05) is 18.0 Å². The summed E-state index contributed by atoms with van der Waals surface area (Å²) in [5.74, 6) is 1.38. The van der Waals surface area contributed by atoms with Crippen molar-refractivity contribution in [3.05, 3.63) is 5.89 Å². The lowest BCUT2D eigenvalue weighted by Gasteiger charge is -2.24. The normalized spacial score (nSPS) is 29.2. The van der Waals surface area contributed by atoms with Crippen LogP contribution in [0.25, 0.3) is 0 Å². The third-order valence-corrected chi connectivity index (χ3v) is 4.37. The average molecular weight is 265 g/mol. The molecule has 0 amide bonds. The number of hydrogen-bond donors (Lipinski definition) is 1. The Morgan fingerprint density at radius 3 is 2.58 bits per heavy atom. The van der Waals surface area contributed by atoms with E-state index in [0.717, 1.165) is 38.8 Å². The van der Waals surface area contributed by atoms with Crippen LogP contribution in [0, 0.1) is 0 Å². The highest BCUT2D eigenvalue weighted by molar-refractivity contribution is 5.28. The lowest BCUT2D eigenvalue weighted by molar-refractivity contribution is 0.119. The molecule has 0 spiro atoms. The van der Waals surface area contributed by atoms with Gasteiger partial charge < -0.3 is 14.5 Å². The molecule has 1 N–H and O–H groups in total. The Labute approximate surface area is 114 Å². The van der Waals surface area contributed by atoms with Gasteiger partial charge in [0.05, 0.1) is 12.0 Å². The molecule has 2 heterocycles. The van der Waals surface area contributed by atoms with Gasteiger partial charge in [-0.2, -0.15) is 4.98 Å². The Hall–Kier alpha value is -1.10. The summed E-state index contributed by atoms with van der Waals surface area (Å²) in [6.45, 7) is 2.04. The lowest BCUT2D eigenvalue weighted by atomic mass is 9.97. The van der Waals surface area contributed by atoms with Crippen molar-refractivity contribution in [3.63, 3.8) is 0 Å². The van der Waals surface area contributed by atoms with Crippen LogP contribution in [0.3, 0.4) is 0 Å². The molecule has 19 heavy (non-hydrogen) atoms. The van der Waals surface area contributed by atoms with Gasteiger partial charge in [-0.15, -0.1) is 0 Å². The zero-order chi connectivity index (χ0) is 13.1. The SMILES string of the molecule is OC1CCCCCC1c1nc(N2CCCCC2)no1. The van der Waals surface area contributed by atoms with E-state index in [-0.39, 0.29) is 12.0 Å². The first-order chi connectivity index (χ1) is 9.34. The highest BCUT2D eigenvalue weighted by Gasteiger charge is 2.29. The second-order valence-electron chi connectivity index (χ2n) is 5.79. The van der Waals surface area contributed by atoms with Crippen LogP contribution in [-0.2, 0) is 0 Å². The molecular weight excluding hydrogens is 242 g/mol. The Kier molecular flexibility index (Phi) is 4.01. The van der Waals surface area contributed by atoms with Crippen LogP contribution < -0.4 is 4.90 Å². The van der Waals surface area contributed by atoms with Crippen LogP contribution in [-0.4, -0.2) is 34.4 Å². The van der Waals surface area contributed by atoms with E-state index in [4.69, 9.17) is 4.52 Å². The van der Waals surface area contributed by atoms with Crippen molar-refractivity contribution >= 4 is 5.95 Å². The summed E-state index contributed by atoms with van der Waals surface area (Å²) in [6, 6.07) is 0. The first-order valence-corrected chi connectivity index (χ1v) is 7.61. The summed E-state index contributed by atoms with van der Waals surface area (Å²) in [5.41, 5.74) is 0. The molecule has 2 unspecified atom stereocenters. The quantitative estimate of drug-likeness (QED) is 0.832. The van der Waals surface area contributed by atoms with E-state index in [9.17, 15) is 5.11 Å². The molecule has 0 aromatic carbocycles. The van der Waals surface area contributed by atoms with Crippen molar-refractivity contribution in [3.8, 4) is 0 Å². The third kappa shape index (κ3) is 2.91. The predicted octanol–water partition coefficient (Wildman–Crippen LogP) is 2.47. The van der Waals surface area contributed by atoms with E-state index >= 15 is 0 Å². The molecule has 0 bridgehead atoms. The summed E-state index contributed by atoms with van der Waals surface area (Å²) in [7, 11) is 0. The zero-order valence-electron chi connectivity index (χ0n) is 11.4. The van der Waals surface area contributed by atoms with Gasteiger partial charge in [-0.25, -0.2) is 0 Å². The fourth-order valence-electron chi connectivity index (χ4n) is 3.18. The van der Waals surface area contributed by atoms with Crippen molar-refractivity contribution in [2.45, 2.75) is 63.4 Å². The Balaban J connectivity index is 1.72. The molecule has 0 radical (unpaired) electrons. The molecule has 1 saturated carbocycles. The molecule has 1 aromatic heterocycles. The highest BCUT2D eigenvalue weighted by atomic mass is 16.5. The van der Waals surface area contributed by atoms with Gasteiger partial charge in [0.15, 0.2) is 0 Å². The van der Waals surface area contributed by atoms with Crippen molar-refractivity contribution < 1.29 is 9.63 Å². The summed E-state index contributed by atoms with van der Waals surface area (Å²) >= 11 is 0. The molecule has 2 atom stereocenters. The second kappa shape index (κ2) is 5.90. The monoisotopic (exact) mass is 265 g/mol.